The van der Waals surface area contributed by atoms with Gasteiger partial charge in [-0.3, -0.25) is 4.79 Å². The van der Waals surface area contributed by atoms with E-state index >= 15 is 0 Å². The summed E-state index contributed by atoms with van der Waals surface area (Å²) in [5, 5.41) is 12.4. The number of anilines is 1. The predicted molar refractivity (Wildman–Crippen MR) is 104 cm³/mol. The van der Waals surface area contributed by atoms with Crippen molar-refractivity contribution < 1.29 is 9.53 Å². The van der Waals surface area contributed by atoms with Crippen LogP contribution in [0.2, 0.25) is 10.0 Å². The fourth-order valence-electron chi connectivity index (χ4n) is 1.98. The van der Waals surface area contributed by atoms with Crippen LogP contribution < -0.4 is 10.1 Å². The number of nitrogens with one attached hydrogen (secondary N) is 1. The lowest BCUT2D eigenvalue weighted by atomic mass is 10.1. The lowest BCUT2D eigenvalue weighted by Crippen LogP contribution is -2.13. The second-order valence-corrected chi connectivity index (χ2v) is 6.49. The van der Waals surface area contributed by atoms with Crippen LogP contribution in [0.1, 0.15) is 12.5 Å². The molecule has 0 bridgehead atoms. The molecule has 0 radical (unpaired) electrons. The van der Waals surface area contributed by atoms with Gasteiger partial charge in [0.05, 0.1) is 26.8 Å². The molecule has 0 unspecified atom stereocenters. The number of nitrogens with zero attached hydrogens (tertiary/aromatic N) is 1. The van der Waals surface area contributed by atoms with E-state index in [2.05, 4.69) is 21.2 Å². The molecule has 7 heteroatoms. The Balaban J connectivity index is 2.25. The molecule has 1 amide bonds. The number of amides is 1. The quantitative estimate of drug-likeness (QED) is 0.480. The minimum atomic E-state index is -0.573. The Hall–Kier alpha value is -2.00. The first kappa shape index (κ1) is 19.3. The number of hydrogen-bond acceptors (Lipinski definition) is 3. The van der Waals surface area contributed by atoms with Gasteiger partial charge >= 0.3 is 0 Å². The molecular formula is C18H13BrCl2N2O2. The molecule has 2 rings (SSSR count). The van der Waals surface area contributed by atoms with Crippen molar-refractivity contribution in [3.63, 3.8) is 0 Å². The third kappa shape index (κ3) is 4.99. The van der Waals surface area contributed by atoms with Gasteiger partial charge in [0.25, 0.3) is 5.91 Å². The highest BCUT2D eigenvalue weighted by Gasteiger charge is 2.13. The topological polar surface area (TPSA) is 62.1 Å². The van der Waals surface area contributed by atoms with E-state index in [-0.39, 0.29) is 10.6 Å². The van der Waals surface area contributed by atoms with Crippen LogP contribution in [0.4, 0.5) is 5.69 Å². The van der Waals surface area contributed by atoms with Crippen LogP contribution in [0.25, 0.3) is 6.08 Å². The van der Waals surface area contributed by atoms with Crippen molar-refractivity contribution in [2.45, 2.75) is 6.92 Å². The Bertz CT molecular complexity index is 876. The van der Waals surface area contributed by atoms with E-state index in [0.717, 1.165) is 4.47 Å². The minimum Gasteiger partial charge on any atom is -0.493 e. The van der Waals surface area contributed by atoms with Crippen molar-refractivity contribution in [2.24, 2.45) is 0 Å². The Morgan fingerprint density at radius 1 is 1.36 bits per heavy atom. The van der Waals surface area contributed by atoms with E-state index < -0.39 is 5.91 Å². The van der Waals surface area contributed by atoms with E-state index in [9.17, 15) is 10.1 Å². The molecule has 0 aliphatic carbocycles. The molecule has 4 nitrogen and oxygen atoms in total. The average molecular weight is 440 g/mol. The summed E-state index contributed by atoms with van der Waals surface area (Å²) in [4.78, 5) is 12.3. The third-order valence-electron chi connectivity index (χ3n) is 3.13. The van der Waals surface area contributed by atoms with Crippen molar-refractivity contribution in [3.05, 3.63) is 62.1 Å². The summed E-state index contributed by atoms with van der Waals surface area (Å²) in [5.74, 6) is 0.116. The van der Waals surface area contributed by atoms with Crippen LogP contribution in [0.15, 0.2) is 46.4 Å². The van der Waals surface area contributed by atoms with Crippen LogP contribution in [0, 0.1) is 11.3 Å². The fourth-order valence-corrected chi connectivity index (χ4v) is 2.84. The number of nitriles is 1. The normalized spacial score (nSPS) is 10.9. The van der Waals surface area contributed by atoms with Gasteiger partial charge < -0.3 is 10.1 Å². The minimum absolute atomic E-state index is 0.0629. The zero-order valence-electron chi connectivity index (χ0n) is 13.1. The van der Waals surface area contributed by atoms with Gasteiger partial charge in [-0.15, -0.1) is 0 Å². The van der Waals surface area contributed by atoms with Crippen LogP contribution in [-0.2, 0) is 4.79 Å². The Kier molecular flexibility index (Phi) is 6.89. The number of rotatable bonds is 5. The SMILES string of the molecule is CCOc1ccc(/C=C(\C#N)C(=O)Nc2cccc(Cl)c2Cl)cc1Br. The van der Waals surface area contributed by atoms with Gasteiger partial charge in [0, 0.05) is 0 Å². The van der Waals surface area contributed by atoms with Gasteiger partial charge in [0.15, 0.2) is 0 Å². The largest absolute Gasteiger partial charge is 0.493 e. The molecule has 128 valence electrons. The molecule has 0 aliphatic rings. The predicted octanol–water partition coefficient (Wildman–Crippen LogP) is 5.70. The zero-order chi connectivity index (χ0) is 18.4. The maximum Gasteiger partial charge on any atom is 0.266 e. The highest BCUT2D eigenvalue weighted by atomic mass is 79.9. The molecule has 0 aromatic heterocycles. The smallest absolute Gasteiger partial charge is 0.266 e. The van der Waals surface area contributed by atoms with E-state index in [4.69, 9.17) is 27.9 Å². The first-order valence-electron chi connectivity index (χ1n) is 7.25. The zero-order valence-corrected chi connectivity index (χ0v) is 16.2. The van der Waals surface area contributed by atoms with Crippen LogP contribution >= 0.6 is 39.1 Å². The fraction of sp³-hybridized carbons (Fsp3) is 0.111. The molecule has 2 aromatic carbocycles. The summed E-state index contributed by atoms with van der Waals surface area (Å²) in [7, 11) is 0. The van der Waals surface area contributed by atoms with Gasteiger partial charge in [-0.05, 0) is 58.8 Å². The summed E-state index contributed by atoms with van der Waals surface area (Å²) in [6.07, 6.45) is 1.48. The van der Waals surface area contributed by atoms with E-state index in [1.807, 2.05) is 13.0 Å². The van der Waals surface area contributed by atoms with Crippen molar-refractivity contribution in [3.8, 4) is 11.8 Å². The highest BCUT2D eigenvalue weighted by molar-refractivity contribution is 9.10. The van der Waals surface area contributed by atoms with Gasteiger partial charge in [-0.2, -0.15) is 5.26 Å². The molecule has 1 N–H and O–H groups in total. The number of carbonyl (C=O) groups excluding carboxylic acids is 1. The Labute approximate surface area is 164 Å². The molecule has 0 fully saturated rings. The molecule has 0 spiro atoms. The third-order valence-corrected chi connectivity index (χ3v) is 4.57. The summed E-state index contributed by atoms with van der Waals surface area (Å²) >= 11 is 15.4. The van der Waals surface area contributed by atoms with Crippen LogP contribution in [-0.4, -0.2) is 12.5 Å². The molecular weight excluding hydrogens is 427 g/mol. The lowest BCUT2D eigenvalue weighted by Gasteiger charge is -2.08. The number of hydrogen-bond donors (Lipinski definition) is 1. The summed E-state index contributed by atoms with van der Waals surface area (Å²) in [6.45, 7) is 2.43. The summed E-state index contributed by atoms with van der Waals surface area (Å²) in [6, 6.07) is 12.0. The van der Waals surface area contributed by atoms with Gasteiger partial charge in [-0.25, -0.2) is 0 Å². The van der Waals surface area contributed by atoms with E-state index in [0.29, 0.717) is 28.6 Å². The number of benzene rings is 2. The first-order chi connectivity index (χ1) is 12.0. The standard InChI is InChI=1S/C18H13BrCl2N2O2/c1-2-25-16-7-6-11(9-13(16)19)8-12(10-22)18(24)23-15-5-3-4-14(20)17(15)21/h3-9H,2H2,1H3,(H,23,24)/b12-8+. The molecule has 0 aliphatic heterocycles. The van der Waals surface area contributed by atoms with Gasteiger partial charge in [0.2, 0.25) is 0 Å². The van der Waals surface area contributed by atoms with Gasteiger partial charge in [0.1, 0.15) is 17.4 Å². The number of carbonyl (C=O) groups is 1. The van der Waals surface area contributed by atoms with Crippen molar-refractivity contribution in [2.75, 3.05) is 11.9 Å². The van der Waals surface area contributed by atoms with Crippen molar-refractivity contribution in [1.82, 2.24) is 0 Å². The Morgan fingerprint density at radius 3 is 2.76 bits per heavy atom. The lowest BCUT2D eigenvalue weighted by molar-refractivity contribution is -0.112. The van der Waals surface area contributed by atoms with Crippen molar-refractivity contribution in [1.29, 1.82) is 5.26 Å². The van der Waals surface area contributed by atoms with Crippen LogP contribution in [0.5, 0.6) is 5.75 Å². The second-order valence-electron chi connectivity index (χ2n) is 4.85. The maximum atomic E-state index is 12.3. The summed E-state index contributed by atoms with van der Waals surface area (Å²) in [5.41, 5.74) is 0.958. The second kappa shape index (κ2) is 8.91. The van der Waals surface area contributed by atoms with Crippen molar-refractivity contribution >= 4 is 56.8 Å². The number of ether oxygens (including phenoxy) is 1. The monoisotopic (exact) mass is 438 g/mol. The molecule has 0 saturated heterocycles. The molecule has 25 heavy (non-hydrogen) atoms. The van der Waals surface area contributed by atoms with Gasteiger partial charge in [-0.1, -0.05) is 35.3 Å². The van der Waals surface area contributed by atoms with Crippen LogP contribution in [0.3, 0.4) is 0 Å². The maximum absolute atomic E-state index is 12.3. The van der Waals surface area contributed by atoms with E-state index in [1.54, 1.807) is 36.4 Å². The summed E-state index contributed by atoms with van der Waals surface area (Å²) < 4.78 is 6.17. The van der Waals surface area contributed by atoms with E-state index in [1.165, 1.54) is 6.08 Å². The molecule has 0 atom stereocenters. The first-order valence-corrected chi connectivity index (χ1v) is 8.80. The number of halogens is 3. The molecule has 2 aromatic rings. The average Bonchev–Trinajstić information content (AvgIpc) is 2.59. The Morgan fingerprint density at radius 2 is 2.12 bits per heavy atom. The molecule has 0 heterocycles. The highest BCUT2D eigenvalue weighted by Crippen LogP contribution is 2.30. The molecule has 0 saturated carbocycles.